The smallest absolute Gasteiger partial charge is 0.411 e. The van der Waals surface area contributed by atoms with Crippen molar-refractivity contribution in [2.24, 2.45) is 0 Å². The number of carbonyl (C=O) groups excluding carboxylic acids is 1. The van der Waals surface area contributed by atoms with Crippen molar-refractivity contribution in [2.45, 2.75) is 0 Å². The van der Waals surface area contributed by atoms with Crippen LogP contribution in [0.4, 0.5) is 20.6 Å². The Kier molecular flexibility index (Phi) is 2.69. The molecule has 0 atom stereocenters. The fraction of sp³-hybridized carbons (Fsp3) is 0.125. The Balaban J connectivity index is 2.79. The lowest BCUT2D eigenvalue weighted by Crippen LogP contribution is -2.11. The Bertz CT molecular complexity index is 328. The number of hydrogen-bond acceptors (Lipinski definition) is 3. The van der Waals surface area contributed by atoms with Gasteiger partial charge in [-0.15, -0.1) is 0 Å². The molecule has 0 radical (unpaired) electrons. The highest BCUT2D eigenvalue weighted by molar-refractivity contribution is 5.84. The number of methoxy groups -OCH3 is 1. The van der Waals surface area contributed by atoms with Gasteiger partial charge in [-0.2, -0.15) is 0 Å². The first-order valence-electron chi connectivity index (χ1n) is 3.53. The van der Waals surface area contributed by atoms with Crippen molar-refractivity contribution in [3.05, 3.63) is 24.0 Å². The summed E-state index contributed by atoms with van der Waals surface area (Å²) in [6.45, 7) is 0. The SMILES string of the molecule is COC(=O)Nc1ccc(N)c(F)c1. The molecule has 0 saturated heterocycles. The molecule has 0 saturated carbocycles. The summed E-state index contributed by atoms with van der Waals surface area (Å²) in [7, 11) is 1.23. The molecule has 1 rings (SSSR count). The molecule has 0 fully saturated rings. The topological polar surface area (TPSA) is 64.3 Å². The van der Waals surface area contributed by atoms with Gasteiger partial charge in [-0.3, -0.25) is 5.32 Å². The van der Waals surface area contributed by atoms with Crippen LogP contribution in [0.2, 0.25) is 0 Å². The van der Waals surface area contributed by atoms with Crippen LogP contribution in [-0.2, 0) is 4.74 Å². The first-order chi connectivity index (χ1) is 6.13. The molecule has 1 aromatic carbocycles. The molecule has 0 aromatic heterocycles. The molecule has 3 N–H and O–H groups in total. The number of benzene rings is 1. The summed E-state index contributed by atoms with van der Waals surface area (Å²) >= 11 is 0. The van der Waals surface area contributed by atoms with Gasteiger partial charge in [0.1, 0.15) is 5.82 Å². The number of nitrogens with two attached hydrogens (primary N) is 1. The lowest BCUT2D eigenvalue weighted by Gasteiger charge is -2.03. The predicted octanol–water partition coefficient (Wildman–Crippen LogP) is 1.59. The zero-order valence-electron chi connectivity index (χ0n) is 7.00. The Labute approximate surface area is 74.5 Å². The van der Waals surface area contributed by atoms with E-state index in [2.05, 4.69) is 10.1 Å². The number of nitrogen functional groups attached to an aromatic ring is 1. The summed E-state index contributed by atoms with van der Waals surface area (Å²) in [6, 6.07) is 3.96. The van der Waals surface area contributed by atoms with E-state index in [1.165, 1.54) is 19.2 Å². The average Bonchev–Trinajstić information content (AvgIpc) is 2.11. The van der Waals surface area contributed by atoms with E-state index in [0.717, 1.165) is 6.07 Å². The molecule has 70 valence electrons. The van der Waals surface area contributed by atoms with Crippen LogP contribution in [0.25, 0.3) is 0 Å². The molecule has 0 aliphatic carbocycles. The quantitative estimate of drug-likeness (QED) is 0.651. The Morgan fingerprint density at radius 1 is 1.62 bits per heavy atom. The molecule has 0 bridgehead atoms. The first kappa shape index (κ1) is 9.31. The lowest BCUT2D eigenvalue weighted by atomic mass is 10.3. The van der Waals surface area contributed by atoms with Crippen LogP contribution in [0, 0.1) is 5.82 Å². The summed E-state index contributed by atoms with van der Waals surface area (Å²) in [5.74, 6) is -0.575. The third kappa shape index (κ3) is 2.33. The first-order valence-corrected chi connectivity index (χ1v) is 3.53. The molecule has 5 heteroatoms. The van der Waals surface area contributed by atoms with Crippen molar-refractivity contribution in [1.82, 2.24) is 0 Å². The fourth-order valence-corrected chi connectivity index (χ4v) is 0.774. The lowest BCUT2D eigenvalue weighted by molar-refractivity contribution is 0.187. The van der Waals surface area contributed by atoms with E-state index in [4.69, 9.17) is 5.73 Å². The van der Waals surface area contributed by atoms with Gasteiger partial charge in [-0.25, -0.2) is 9.18 Å². The van der Waals surface area contributed by atoms with Gasteiger partial charge in [0, 0.05) is 5.69 Å². The van der Waals surface area contributed by atoms with Crippen LogP contribution in [0.3, 0.4) is 0 Å². The van der Waals surface area contributed by atoms with Crippen LogP contribution < -0.4 is 11.1 Å². The monoisotopic (exact) mass is 184 g/mol. The molecule has 13 heavy (non-hydrogen) atoms. The second kappa shape index (κ2) is 3.75. The summed E-state index contributed by atoms with van der Waals surface area (Å²) in [5.41, 5.74) is 5.57. The minimum atomic E-state index is -0.649. The number of ether oxygens (including phenoxy) is 1. The maximum Gasteiger partial charge on any atom is 0.411 e. The molecular weight excluding hydrogens is 175 g/mol. The van der Waals surface area contributed by atoms with E-state index in [1.54, 1.807) is 0 Å². The van der Waals surface area contributed by atoms with Crippen molar-refractivity contribution in [3.8, 4) is 0 Å². The van der Waals surface area contributed by atoms with Gasteiger partial charge in [0.15, 0.2) is 0 Å². The van der Waals surface area contributed by atoms with Gasteiger partial charge in [-0.1, -0.05) is 0 Å². The van der Waals surface area contributed by atoms with Gasteiger partial charge < -0.3 is 10.5 Å². The van der Waals surface area contributed by atoms with E-state index in [1.807, 2.05) is 0 Å². The van der Waals surface area contributed by atoms with Crippen LogP contribution in [0.15, 0.2) is 18.2 Å². The molecule has 0 spiro atoms. The molecular formula is C8H9FN2O2. The maximum absolute atomic E-state index is 12.8. The normalized spacial score (nSPS) is 9.38. The number of halogens is 1. The van der Waals surface area contributed by atoms with E-state index < -0.39 is 11.9 Å². The van der Waals surface area contributed by atoms with Crippen molar-refractivity contribution in [2.75, 3.05) is 18.2 Å². The molecule has 0 unspecified atom stereocenters. The molecule has 0 aliphatic heterocycles. The summed E-state index contributed by atoms with van der Waals surface area (Å²) in [4.78, 5) is 10.7. The van der Waals surface area contributed by atoms with Crippen LogP contribution >= 0.6 is 0 Å². The second-order valence-electron chi connectivity index (χ2n) is 2.35. The molecule has 4 nitrogen and oxygen atoms in total. The molecule has 1 amide bonds. The van der Waals surface area contributed by atoms with E-state index in [9.17, 15) is 9.18 Å². The minimum Gasteiger partial charge on any atom is -0.453 e. The number of anilines is 2. The summed E-state index contributed by atoms with van der Waals surface area (Å²) in [6.07, 6.45) is -0.649. The maximum atomic E-state index is 12.8. The Morgan fingerprint density at radius 3 is 2.85 bits per heavy atom. The predicted molar refractivity (Wildman–Crippen MR) is 46.8 cm³/mol. The highest BCUT2D eigenvalue weighted by Gasteiger charge is 2.03. The van der Waals surface area contributed by atoms with Gasteiger partial charge in [0.25, 0.3) is 0 Å². The highest BCUT2D eigenvalue weighted by Crippen LogP contribution is 2.15. The van der Waals surface area contributed by atoms with E-state index >= 15 is 0 Å². The van der Waals surface area contributed by atoms with E-state index in [0.29, 0.717) is 5.69 Å². The zero-order valence-corrected chi connectivity index (χ0v) is 7.00. The number of rotatable bonds is 1. The van der Waals surface area contributed by atoms with E-state index in [-0.39, 0.29) is 5.69 Å². The Hall–Kier alpha value is -1.78. The van der Waals surface area contributed by atoms with Crippen molar-refractivity contribution in [3.63, 3.8) is 0 Å². The number of hydrogen-bond donors (Lipinski definition) is 2. The van der Waals surface area contributed by atoms with Crippen LogP contribution in [0.1, 0.15) is 0 Å². The van der Waals surface area contributed by atoms with Crippen LogP contribution in [-0.4, -0.2) is 13.2 Å². The van der Waals surface area contributed by atoms with Gasteiger partial charge >= 0.3 is 6.09 Å². The van der Waals surface area contributed by atoms with Gasteiger partial charge in [0.05, 0.1) is 12.8 Å². The molecule has 0 heterocycles. The number of amides is 1. The third-order valence-electron chi connectivity index (χ3n) is 1.43. The fourth-order valence-electron chi connectivity index (χ4n) is 0.774. The zero-order chi connectivity index (χ0) is 9.84. The highest BCUT2D eigenvalue weighted by atomic mass is 19.1. The number of carbonyl (C=O) groups is 1. The summed E-state index contributed by atoms with van der Waals surface area (Å²) in [5, 5.41) is 2.30. The third-order valence-corrected chi connectivity index (χ3v) is 1.43. The van der Waals surface area contributed by atoms with Crippen LogP contribution in [0.5, 0.6) is 0 Å². The largest absolute Gasteiger partial charge is 0.453 e. The standard InChI is InChI=1S/C8H9FN2O2/c1-13-8(12)11-5-2-3-7(10)6(9)4-5/h2-4H,10H2,1H3,(H,11,12). The average molecular weight is 184 g/mol. The summed E-state index contributed by atoms with van der Waals surface area (Å²) < 4.78 is 17.1. The van der Waals surface area contributed by atoms with Crippen molar-refractivity contribution < 1.29 is 13.9 Å². The number of nitrogens with one attached hydrogen (secondary N) is 1. The molecule has 1 aromatic rings. The van der Waals surface area contributed by atoms with Crippen molar-refractivity contribution in [1.29, 1.82) is 0 Å². The van der Waals surface area contributed by atoms with Gasteiger partial charge in [-0.05, 0) is 18.2 Å². The second-order valence-corrected chi connectivity index (χ2v) is 2.35. The Morgan fingerprint density at radius 2 is 2.31 bits per heavy atom. The van der Waals surface area contributed by atoms with Crippen molar-refractivity contribution >= 4 is 17.5 Å². The molecule has 0 aliphatic rings. The minimum absolute atomic E-state index is 0.0374. The van der Waals surface area contributed by atoms with Gasteiger partial charge in [0.2, 0.25) is 0 Å².